The van der Waals surface area contributed by atoms with Crippen LogP contribution in [0.1, 0.15) is 29.9 Å². The molecule has 1 atom stereocenters. The average molecular weight is 341 g/mol. The first-order chi connectivity index (χ1) is 12.8. The number of nitrogens with one attached hydrogen (secondary N) is 1. The van der Waals surface area contributed by atoms with E-state index < -0.39 is 0 Å². The lowest BCUT2D eigenvalue weighted by Crippen LogP contribution is -2.09. The van der Waals surface area contributed by atoms with Crippen LogP contribution in [-0.4, -0.2) is 35.6 Å². The van der Waals surface area contributed by atoms with Crippen LogP contribution in [0, 0.1) is 11.8 Å². The molecule has 0 bridgehead atoms. The number of aromatic nitrogens is 7. The van der Waals surface area contributed by atoms with Gasteiger partial charge in [-0.3, -0.25) is 0 Å². The van der Waals surface area contributed by atoms with Crippen molar-refractivity contribution in [3.8, 4) is 23.1 Å². The van der Waals surface area contributed by atoms with Crippen LogP contribution in [0.15, 0.2) is 60.8 Å². The quantitative estimate of drug-likeness (QED) is 0.579. The zero-order valence-electron chi connectivity index (χ0n) is 14.0. The number of tetrazole rings is 1. The molecular formula is C19H15N7. The number of hydrogen-bond acceptors (Lipinski definition) is 5. The molecule has 1 unspecified atom stereocenters. The van der Waals surface area contributed by atoms with E-state index in [0.717, 1.165) is 22.4 Å². The van der Waals surface area contributed by atoms with E-state index in [2.05, 4.69) is 42.8 Å². The summed E-state index contributed by atoms with van der Waals surface area (Å²) < 4.78 is 1.71. The molecule has 0 amide bonds. The number of aromatic amines is 1. The van der Waals surface area contributed by atoms with Crippen LogP contribution in [0.4, 0.5) is 0 Å². The number of benzene rings is 2. The third kappa shape index (κ3) is 3.21. The predicted octanol–water partition coefficient (Wildman–Crippen LogP) is 2.47. The van der Waals surface area contributed by atoms with Gasteiger partial charge in [0.15, 0.2) is 5.82 Å². The molecule has 4 aromatic rings. The fraction of sp³-hybridized carbons (Fsp3) is 0.105. The highest BCUT2D eigenvalue weighted by Crippen LogP contribution is 2.22. The Bertz CT molecular complexity index is 1060. The lowest BCUT2D eigenvalue weighted by Gasteiger charge is -2.05. The van der Waals surface area contributed by atoms with E-state index in [9.17, 15) is 0 Å². The summed E-state index contributed by atoms with van der Waals surface area (Å²) in [5.41, 5.74) is 3.55. The molecule has 4 rings (SSSR count). The van der Waals surface area contributed by atoms with Gasteiger partial charge >= 0.3 is 0 Å². The maximum atomic E-state index is 4.29. The number of H-pyrrole nitrogens is 1. The van der Waals surface area contributed by atoms with Gasteiger partial charge in [-0.1, -0.05) is 58.7 Å². The second kappa shape index (κ2) is 6.99. The van der Waals surface area contributed by atoms with E-state index in [-0.39, 0.29) is 6.04 Å². The topological polar surface area (TPSA) is 85.2 Å². The summed E-state index contributed by atoms with van der Waals surface area (Å²) in [4.78, 5) is 0. The van der Waals surface area contributed by atoms with Gasteiger partial charge in [0.2, 0.25) is 0 Å². The minimum atomic E-state index is -0.169. The maximum Gasteiger partial charge on any atom is 0.198 e. The van der Waals surface area contributed by atoms with Gasteiger partial charge in [0.1, 0.15) is 11.7 Å². The Morgan fingerprint density at radius 1 is 0.962 bits per heavy atom. The molecule has 0 saturated heterocycles. The summed E-state index contributed by atoms with van der Waals surface area (Å²) in [6, 6.07) is 17.6. The Kier molecular flexibility index (Phi) is 4.23. The third-order valence-electron chi connectivity index (χ3n) is 3.96. The van der Waals surface area contributed by atoms with E-state index in [1.807, 2.05) is 67.7 Å². The molecule has 0 aliphatic heterocycles. The summed E-state index contributed by atoms with van der Waals surface area (Å²) in [5, 5.41) is 22.5. The average Bonchev–Trinajstić information content (AvgIpc) is 3.39. The van der Waals surface area contributed by atoms with Crippen molar-refractivity contribution in [1.29, 1.82) is 0 Å². The van der Waals surface area contributed by atoms with Crippen molar-refractivity contribution in [2.45, 2.75) is 13.0 Å². The van der Waals surface area contributed by atoms with Gasteiger partial charge in [0, 0.05) is 16.7 Å². The summed E-state index contributed by atoms with van der Waals surface area (Å²) in [5.74, 6) is 6.97. The monoisotopic (exact) mass is 341 g/mol. The molecule has 0 saturated carbocycles. The Morgan fingerprint density at radius 2 is 1.77 bits per heavy atom. The van der Waals surface area contributed by atoms with Crippen LogP contribution in [0.25, 0.3) is 11.3 Å². The number of hydrogen-bond donors (Lipinski definition) is 1. The van der Waals surface area contributed by atoms with Crippen molar-refractivity contribution < 1.29 is 0 Å². The van der Waals surface area contributed by atoms with Crippen molar-refractivity contribution in [1.82, 2.24) is 35.6 Å². The smallest absolute Gasteiger partial charge is 0.198 e. The highest BCUT2D eigenvalue weighted by Gasteiger charge is 2.16. The fourth-order valence-corrected chi connectivity index (χ4v) is 2.53. The summed E-state index contributed by atoms with van der Waals surface area (Å²) >= 11 is 0. The highest BCUT2D eigenvalue weighted by molar-refractivity contribution is 5.67. The molecule has 7 heteroatoms. The van der Waals surface area contributed by atoms with Crippen molar-refractivity contribution in [3.05, 3.63) is 77.7 Å². The molecule has 2 heterocycles. The molecule has 0 aliphatic rings. The molecular weight excluding hydrogens is 326 g/mol. The number of rotatable bonds is 3. The fourth-order valence-electron chi connectivity index (χ4n) is 2.53. The van der Waals surface area contributed by atoms with Crippen molar-refractivity contribution >= 4 is 0 Å². The molecule has 7 nitrogen and oxygen atoms in total. The second-order valence-electron chi connectivity index (χ2n) is 5.69. The van der Waals surface area contributed by atoms with E-state index in [1.165, 1.54) is 0 Å². The van der Waals surface area contributed by atoms with Crippen LogP contribution >= 0.6 is 0 Å². The van der Waals surface area contributed by atoms with Crippen LogP contribution in [0.3, 0.4) is 0 Å². The summed E-state index contributed by atoms with van der Waals surface area (Å²) in [6.45, 7) is 1.93. The zero-order valence-corrected chi connectivity index (χ0v) is 14.0. The summed E-state index contributed by atoms with van der Waals surface area (Å²) in [7, 11) is 0. The molecule has 2 aromatic carbocycles. The van der Waals surface area contributed by atoms with E-state index >= 15 is 0 Å². The third-order valence-corrected chi connectivity index (χ3v) is 3.96. The van der Waals surface area contributed by atoms with Crippen molar-refractivity contribution in [2.75, 3.05) is 0 Å². The zero-order chi connectivity index (χ0) is 17.8. The molecule has 126 valence electrons. The van der Waals surface area contributed by atoms with Crippen LogP contribution in [0.5, 0.6) is 0 Å². The lowest BCUT2D eigenvalue weighted by molar-refractivity contribution is 0.519. The van der Waals surface area contributed by atoms with E-state index in [4.69, 9.17) is 0 Å². The molecule has 0 aliphatic carbocycles. The second-order valence-corrected chi connectivity index (χ2v) is 5.69. The molecule has 0 spiro atoms. The van der Waals surface area contributed by atoms with E-state index in [1.54, 1.807) is 4.68 Å². The van der Waals surface area contributed by atoms with Gasteiger partial charge in [-0.15, -0.1) is 15.3 Å². The van der Waals surface area contributed by atoms with Gasteiger partial charge in [0.05, 0.1) is 6.20 Å². The molecule has 2 aromatic heterocycles. The van der Waals surface area contributed by atoms with E-state index in [0.29, 0.717) is 5.82 Å². The molecule has 26 heavy (non-hydrogen) atoms. The molecule has 0 radical (unpaired) electrons. The Labute approximate surface area is 150 Å². The molecule has 1 N–H and O–H groups in total. The summed E-state index contributed by atoms with van der Waals surface area (Å²) in [6.07, 6.45) is 1.87. The van der Waals surface area contributed by atoms with Gasteiger partial charge in [-0.25, -0.2) is 4.68 Å². The minimum absolute atomic E-state index is 0.169. The highest BCUT2D eigenvalue weighted by atomic mass is 15.5. The van der Waals surface area contributed by atoms with Gasteiger partial charge in [0.25, 0.3) is 0 Å². The maximum absolute atomic E-state index is 4.29. The van der Waals surface area contributed by atoms with Crippen LogP contribution < -0.4 is 0 Å². The normalized spacial score (nSPS) is 11.6. The predicted molar refractivity (Wildman–Crippen MR) is 95.9 cm³/mol. The van der Waals surface area contributed by atoms with Gasteiger partial charge in [-0.2, -0.15) is 5.21 Å². The first-order valence-corrected chi connectivity index (χ1v) is 8.13. The van der Waals surface area contributed by atoms with Crippen LogP contribution in [0.2, 0.25) is 0 Å². The number of nitrogens with zero attached hydrogens (tertiary/aromatic N) is 6. The van der Waals surface area contributed by atoms with Gasteiger partial charge in [-0.05, 0) is 25.1 Å². The molecule has 0 fully saturated rings. The van der Waals surface area contributed by atoms with Crippen LogP contribution in [-0.2, 0) is 0 Å². The largest absolute Gasteiger partial charge is 0.241 e. The van der Waals surface area contributed by atoms with Crippen molar-refractivity contribution in [3.63, 3.8) is 0 Å². The Hall–Kier alpha value is -3.79. The first kappa shape index (κ1) is 15.7. The minimum Gasteiger partial charge on any atom is -0.241 e. The van der Waals surface area contributed by atoms with Crippen molar-refractivity contribution in [2.24, 2.45) is 0 Å². The SMILES string of the molecule is CC(c1nn[nH]n1)n1cc(-c2ccccc2C#Cc2ccccc2)nn1. The Balaban J connectivity index is 1.66. The first-order valence-electron chi connectivity index (χ1n) is 8.13. The Morgan fingerprint density at radius 3 is 2.58 bits per heavy atom. The lowest BCUT2D eigenvalue weighted by atomic mass is 10.0. The standard InChI is InChI=1S/C19H15N7/c1-14(19-21-23-24-22-19)26-13-18(20-25-26)17-10-6-5-9-16(17)12-11-15-7-3-2-4-8-15/h2-10,13-14H,1H3,(H,21,22,23,24). The van der Waals surface area contributed by atoms with Gasteiger partial charge < -0.3 is 0 Å².